The summed E-state index contributed by atoms with van der Waals surface area (Å²) >= 11 is 3.37. The standard InChI is InChI=1S/C13H13BrN2O3/c14-10-3-1-9(2-4-10)7-18-8-12-11(5-6-19-12)13(17)16-15/h1-6H,7-8,15H2,(H,16,17). The highest BCUT2D eigenvalue weighted by Gasteiger charge is 2.13. The van der Waals surface area contributed by atoms with Crippen LogP contribution in [-0.2, 0) is 18.0 Å². The first-order valence-corrected chi connectivity index (χ1v) is 6.39. The number of nitrogens with one attached hydrogen (secondary N) is 1. The number of amides is 1. The molecular weight excluding hydrogens is 312 g/mol. The Labute approximate surface area is 118 Å². The van der Waals surface area contributed by atoms with Crippen molar-refractivity contribution in [1.82, 2.24) is 5.43 Å². The molecule has 1 amide bonds. The van der Waals surface area contributed by atoms with Gasteiger partial charge in [0.1, 0.15) is 12.4 Å². The molecule has 0 radical (unpaired) electrons. The molecule has 1 heterocycles. The number of nitrogens with two attached hydrogens (primary N) is 1. The van der Waals surface area contributed by atoms with Crippen LogP contribution in [0.1, 0.15) is 21.7 Å². The second-order valence-corrected chi connectivity index (χ2v) is 4.77. The van der Waals surface area contributed by atoms with E-state index in [9.17, 15) is 4.79 Å². The topological polar surface area (TPSA) is 77.5 Å². The summed E-state index contributed by atoms with van der Waals surface area (Å²) in [6, 6.07) is 9.36. The fourth-order valence-electron chi connectivity index (χ4n) is 1.57. The van der Waals surface area contributed by atoms with Crippen molar-refractivity contribution in [1.29, 1.82) is 0 Å². The van der Waals surface area contributed by atoms with Gasteiger partial charge in [0.15, 0.2) is 0 Å². The van der Waals surface area contributed by atoms with E-state index in [0.717, 1.165) is 10.0 Å². The van der Waals surface area contributed by atoms with Crippen molar-refractivity contribution < 1.29 is 13.9 Å². The van der Waals surface area contributed by atoms with Gasteiger partial charge in [-0.15, -0.1) is 0 Å². The third kappa shape index (κ3) is 3.66. The lowest BCUT2D eigenvalue weighted by Crippen LogP contribution is -2.30. The lowest BCUT2D eigenvalue weighted by Gasteiger charge is -2.04. The lowest BCUT2D eigenvalue weighted by molar-refractivity contribution is 0.0870. The van der Waals surface area contributed by atoms with E-state index in [4.69, 9.17) is 15.0 Å². The molecule has 100 valence electrons. The fraction of sp³-hybridized carbons (Fsp3) is 0.154. The van der Waals surface area contributed by atoms with Crippen LogP contribution in [0.2, 0.25) is 0 Å². The number of hydrogen-bond donors (Lipinski definition) is 2. The Bertz CT molecular complexity index is 551. The molecule has 0 aliphatic carbocycles. The minimum Gasteiger partial charge on any atom is -0.466 e. The molecule has 1 aromatic carbocycles. The Morgan fingerprint density at radius 1 is 1.26 bits per heavy atom. The van der Waals surface area contributed by atoms with Gasteiger partial charge < -0.3 is 9.15 Å². The SMILES string of the molecule is NNC(=O)c1ccoc1COCc1ccc(Br)cc1. The van der Waals surface area contributed by atoms with E-state index in [1.807, 2.05) is 24.3 Å². The van der Waals surface area contributed by atoms with Crippen LogP contribution in [0.5, 0.6) is 0 Å². The van der Waals surface area contributed by atoms with Gasteiger partial charge in [-0.2, -0.15) is 0 Å². The number of carbonyl (C=O) groups excluding carboxylic acids is 1. The minimum absolute atomic E-state index is 0.214. The number of rotatable bonds is 5. The molecule has 6 heteroatoms. The number of furan rings is 1. The summed E-state index contributed by atoms with van der Waals surface area (Å²) in [7, 11) is 0. The summed E-state index contributed by atoms with van der Waals surface area (Å²) in [4.78, 5) is 11.4. The monoisotopic (exact) mass is 324 g/mol. The molecule has 0 aliphatic heterocycles. The van der Waals surface area contributed by atoms with Crippen molar-refractivity contribution in [2.75, 3.05) is 0 Å². The molecule has 5 nitrogen and oxygen atoms in total. The highest BCUT2D eigenvalue weighted by atomic mass is 79.9. The number of benzene rings is 1. The molecule has 2 rings (SSSR count). The number of ether oxygens (including phenoxy) is 1. The van der Waals surface area contributed by atoms with Gasteiger partial charge in [0.05, 0.1) is 18.4 Å². The van der Waals surface area contributed by atoms with Gasteiger partial charge in [-0.1, -0.05) is 28.1 Å². The maximum absolute atomic E-state index is 11.4. The molecular formula is C13H13BrN2O3. The molecule has 0 atom stereocenters. The number of carbonyl (C=O) groups is 1. The average Bonchev–Trinajstić information content (AvgIpc) is 2.88. The van der Waals surface area contributed by atoms with Gasteiger partial charge in [-0.05, 0) is 23.8 Å². The van der Waals surface area contributed by atoms with Crippen molar-refractivity contribution in [3.63, 3.8) is 0 Å². The number of halogens is 1. The smallest absolute Gasteiger partial charge is 0.268 e. The van der Waals surface area contributed by atoms with Crippen molar-refractivity contribution in [3.05, 3.63) is 58.0 Å². The van der Waals surface area contributed by atoms with E-state index >= 15 is 0 Å². The zero-order valence-electron chi connectivity index (χ0n) is 10.1. The molecule has 1 aromatic heterocycles. The second kappa shape index (κ2) is 6.51. The lowest BCUT2D eigenvalue weighted by atomic mass is 10.2. The average molecular weight is 325 g/mol. The first kappa shape index (κ1) is 13.8. The molecule has 0 spiro atoms. The first-order valence-electron chi connectivity index (χ1n) is 5.60. The van der Waals surface area contributed by atoms with Crippen molar-refractivity contribution in [2.24, 2.45) is 5.84 Å². The van der Waals surface area contributed by atoms with Crippen molar-refractivity contribution >= 4 is 21.8 Å². The van der Waals surface area contributed by atoms with Crippen LogP contribution in [-0.4, -0.2) is 5.91 Å². The summed E-state index contributed by atoms with van der Waals surface area (Å²) in [5, 5.41) is 0. The number of hydrazine groups is 1. The van der Waals surface area contributed by atoms with Crippen LogP contribution >= 0.6 is 15.9 Å². The zero-order chi connectivity index (χ0) is 13.7. The third-order valence-electron chi connectivity index (χ3n) is 2.54. The Balaban J connectivity index is 1.91. The van der Waals surface area contributed by atoms with E-state index in [1.165, 1.54) is 6.26 Å². The van der Waals surface area contributed by atoms with Gasteiger partial charge >= 0.3 is 0 Å². The van der Waals surface area contributed by atoms with Crippen LogP contribution in [0, 0.1) is 0 Å². The third-order valence-corrected chi connectivity index (χ3v) is 3.06. The van der Waals surface area contributed by atoms with Crippen LogP contribution in [0.15, 0.2) is 45.5 Å². The molecule has 0 unspecified atom stereocenters. The van der Waals surface area contributed by atoms with Crippen LogP contribution in [0.3, 0.4) is 0 Å². The maximum atomic E-state index is 11.4. The zero-order valence-corrected chi connectivity index (χ0v) is 11.6. The van der Waals surface area contributed by atoms with Gasteiger partial charge in [0.25, 0.3) is 5.91 Å². The Morgan fingerprint density at radius 3 is 2.68 bits per heavy atom. The van der Waals surface area contributed by atoms with E-state index in [-0.39, 0.29) is 6.61 Å². The number of nitrogen functional groups attached to an aromatic ring is 1. The van der Waals surface area contributed by atoms with E-state index in [1.54, 1.807) is 6.07 Å². The highest BCUT2D eigenvalue weighted by Crippen LogP contribution is 2.14. The molecule has 0 aliphatic rings. The Hall–Kier alpha value is -1.63. The summed E-state index contributed by atoms with van der Waals surface area (Å²) in [5.74, 6) is 5.15. The Kier molecular flexibility index (Phi) is 4.73. The summed E-state index contributed by atoms with van der Waals surface area (Å²) in [6.45, 7) is 0.656. The van der Waals surface area contributed by atoms with Crippen LogP contribution < -0.4 is 11.3 Å². The maximum Gasteiger partial charge on any atom is 0.268 e. The minimum atomic E-state index is -0.393. The van der Waals surface area contributed by atoms with Gasteiger partial charge in [0, 0.05) is 4.47 Å². The molecule has 0 fully saturated rings. The summed E-state index contributed by atoms with van der Waals surface area (Å²) in [6.07, 6.45) is 1.43. The fourth-order valence-corrected chi connectivity index (χ4v) is 1.84. The van der Waals surface area contributed by atoms with Gasteiger partial charge in [-0.3, -0.25) is 10.2 Å². The quantitative estimate of drug-likeness (QED) is 0.503. The molecule has 0 saturated carbocycles. The Morgan fingerprint density at radius 2 is 2.00 bits per heavy atom. The first-order chi connectivity index (χ1) is 9.20. The largest absolute Gasteiger partial charge is 0.466 e. The molecule has 3 N–H and O–H groups in total. The van der Waals surface area contributed by atoms with E-state index < -0.39 is 5.91 Å². The van der Waals surface area contributed by atoms with Gasteiger partial charge in [-0.25, -0.2) is 5.84 Å². The normalized spacial score (nSPS) is 10.4. The molecule has 0 bridgehead atoms. The predicted octanol–water partition coefficient (Wildman–Crippen LogP) is 2.36. The molecule has 0 saturated heterocycles. The van der Waals surface area contributed by atoms with Crippen LogP contribution in [0.4, 0.5) is 0 Å². The number of hydrogen-bond acceptors (Lipinski definition) is 4. The summed E-state index contributed by atoms with van der Waals surface area (Å²) in [5.41, 5.74) is 3.49. The molecule has 19 heavy (non-hydrogen) atoms. The highest BCUT2D eigenvalue weighted by molar-refractivity contribution is 9.10. The van der Waals surface area contributed by atoms with Gasteiger partial charge in [0.2, 0.25) is 0 Å². The van der Waals surface area contributed by atoms with E-state index in [2.05, 4.69) is 21.4 Å². The summed E-state index contributed by atoms with van der Waals surface area (Å²) < 4.78 is 11.7. The van der Waals surface area contributed by atoms with Crippen LogP contribution in [0.25, 0.3) is 0 Å². The predicted molar refractivity (Wildman–Crippen MR) is 73.0 cm³/mol. The van der Waals surface area contributed by atoms with Crippen molar-refractivity contribution in [3.8, 4) is 0 Å². The van der Waals surface area contributed by atoms with Crippen molar-refractivity contribution in [2.45, 2.75) is 13.2 Å². The second-order valence-electron chi connectivity index (χ2n) is 3.85. The van der Waals surface area contributed by atoms with E-state index in [0.29, 0.717) is 17.9 Å². The molecule has 2 aromatic rings.